The van der Waals surface area contributed by atoms with E-state index in [4.69, 9.17) is 9.47 Å². The lowest BCUT2D eigenvalue weighted by Gasteiger charge is -2.37. The molecule has 0 unspecified atom stereocenters. The Morgan fingerprint density at radius 2 is 2.04 bits per heavy atom. The number of carbonyl (C=O) groups is 1. The highest BCUT2D eigenvalue weighted by Gasteiger charge is 2.32. The van der Waals surface area contributed by atoms with Crippen molar-refractivity contribution in [1.82, 2.24) is 15.6 Å². The molecule has 6 nitrogen and oxygen atoms in total. The van der Waals surface area contributed by atoms with Crippen molar-refractivity contribution in [3.63, 3.8) is 0 Å². The van der Waals surface area contributed by atoms with E-state index in [9.17, 15) is 4.79 Å². The lowest BCUT2D eigenvalue weighted by atomic mass is 9.79. The van der Waals surface area contributed by atoms with Crippen LogP contribution in [0.1, 0.15) is 30.3 Å². The third-order valence-corrected chi connectivity index (χ3v) is 5.78. The minimum Gasteiger partial charge on any atom is -0.494 e. The van der Waals surface area contributed by atoms with Gasteiger partial charge >= 0.3 is 0 Å². The minimum atomic E-state index is -0.127. The lowest BCUT2D eigenvalue weighted by Crippen LogP contribution is -2.47. The second-order valence-electron chi connectivity index (χ2n) is 6.86. The molecule has 2 heterocycles. The number of nitrogens with one attached hydrogen (secondary N) is 2. The topological polar surface area (TPSA) is 72.5 Å². The summed E-state index contributed by atoms with van der Waals surface area (Å²) in [7, 11) is 1.72. The second kappa shape index (κ2) is 9.30. The van der Waals surface area contributed by atoms with Crippen molar-refractivity contribution < 1.29 is 14.3 Å². The smallest absolute Gasteiger partial charge is 0.270 e. The van der Waals surface area contributed by atoms with Gasteiger partial charge in [0.1, 0.15) is 16.5 Å². The number of piperidine rings is 1. The molecule has 1 fully saturated rings. The van der Waals surface area contributed by atoms with E-state index in [0.29, 0.717) is 25.5 Å². The Bertz CT molecular complexity index is 734. The van der Waals surface area contributed by atoms with E-state index in [2.05, 4.69) is 15.6 Å². The molecule has 3 rings (SSSR count). The maximum Gasteiger partial charge on any atom is 0.270 e. The van der Waals surface area contributed by atoms with Crippen molar-refractivity contribution in [3.05, 3.63) is 35.3 Å². The van der Waals surface area contributed by atoms with Gasteiger partial charge in [-0.05, 0) is 57.1 Å². The van der Waals surface area contributed by atoms with Crippen molar-refractivity contribution in [2.24, 2.45) is 5.41 Å². The fraction of sp³-hybridized carbons (Fsp3) is 0.500. The van der Waals surface area contributed by atoms with Gasteiger partial charge in [-0.2, -0.15) is 0 Å². The number of aromatic nitrogens is 1. The number of carbonyl (C=O) groups excluding carboxylic acids is 1. The summed E-state index contributed by atoms with van der Waals surface area (Å²) in [6.07, 6.45) is 1.99. The van der Waals surface area contributed by atoms with E-state index in [-0.39, 0.29) is 11.3 Å². The molecule has 0 radical (unpaired) electrons. The van der Waals surface area contributed by atoms with Gasteiger partial charge in [0.05, 0.1) is 13.2 Å². The number of methoxy groups -OCH3 is 1. The van der Waals surface area contributed by atoms with Crippen LogP contribution in [0.2, 0.25) is 0 Å². The Hall–Kier alpha value is -1.96. The fourth-order valence-corrected chi connectivity index (χ4v) is 4.17. The number of nitrogens with zero attached hydrogens (tertiary/aromatic N) is 1. The number of rotatable bonds is 8. The average molecular weight is 390 g/mol. The van der Waals surface area contributed by atoms with E-state index >= 15 is 0 Å². The molecule has 1 aliphatic heterocycles. The molecule has 1 aromatic heterocycles. The summed E-state index contributed by atoms with van der Waals surface area (Å²) in [5.74, 6) is 0.707. The first-order chi connectivity index (χ1) is 13.2. The molecule has 1 amide bonds. The van der Waals surface area contributed by atoms with Crippen molar-refractivity contribution in [1.29, 1.82) is 0 Å². The van der Waals surface area contributed by atoms with Gasteiger partial charge < -0.3 is 20.1 Å². The molecule has 0 bridgehead atoms. The maximum absolute atomic E-state index is 12.6. The molecule has 1 aromatic carbocycles. The zero-order chi connectivity index (χ0) is 19.1. The van der Waals surface area contributed by atoms with Crippen molar-refractivity contribution >= 4 is 17.2 Å². The van der Waals surface area contributed by atoms with E-state index in [1.165, 1.54) is 11.3 Å². The number of hydrogen-bond donors (Lipinski definition) is 2. The summed E-state index contributed by atoms with van der Waals surface area (Å²) in [6, 6.07) is 7.78. The molecular formula is C20H27N3O3S. The number of hydrogen-bond acceptors (Lipinski definition) is 6. The van der Waals surface area contributed by atoms with Crippen molar-refractivity contribution in [2.75, 3.05) is 40.0 Å². The highest BCUT2D eigenvalue weighted by Crippen LogP contribution is 2.29. The minimum absolute atomic E-state index is 0.00359. The average Bonchev–Trinajstić information content (AvgIpc) is 3.18. The Labute approximate surface area is 164 Å². The van der Waals surface area contributed by atoms with E-state index in [1.807, 2.05) is 36.6 Å². The van der Waals surface area contributed by atoms with Crippen LogP contribution in [0.4, 0.5) is 0 Å². The standard InChI is InChI=1S/C20H27N3O3S/c1-3-26-16-6-4-15(5-7-16)19-23-17(12-27-19)18(24)22-13-20(14-25-2)8-10-21-11-9-20/h4-7,12,21H,3,8-11,13-14H2,1-2H3,(H,22,24). The highest BCUT2D eigenvalue weighted by molar-refractivity contribution is 7.13. The lowest BCUT2D eigenvalue weighted by molar-refractivity contribution is 0.0511. The van der Waals surface area contributed by atoms with Gasteiger partial charge in [0.25, 0.3) is 5.91 Å². The van der Waals surface area contributed by atoms with Gasteiger partial charge in [0.2, 0.25) is 0 Å². The summed E-state index contributed by atoms with van der Waals surface area (Å²) >= 11 is 1.47. The summed E-state index contributed by atoms with van der Waals surface area (Å²) in [5, 5.41) is 9.07. The first-order valence-electron chi connectivity index (χ1n) is 9.32. The van der Waals surface area contributed by atoms with E-state index in [1.54, 1.807) is 7.11 Å². The van der Waals surface area contributed by atoms with Crippen LogP contribution in [0.3, 0.4) is 0 Å². The number of thiazole rings is 1. The van der Waals surface area contributed by atoms with Crippen LogP contribution in [0.5, 0.6) is 5.75 Å². The molecule has 2 aromatic rings. The Morgan fingerprint density at radius 1 is 1.30 bits per heavy atom. The molecule has 7 heteroatoms. The third-order valence-electron chi connectivity index (χ3n) is 4.89. The predicted octanol–water partition coefficient (Wildman–Crippen LogP) is 2.95. The Balaban J connectivity index is 1.62. The summed E-state index contributed by atoms with van der Waals surface area (Å²) in [4.78, 5) is 17.1. The van der Waals surface area contributed by atoms with Gasteiger partial charge in [-0.1, -0.05) is 0 Å². The van der Waals surface area contributed by atoms with Crippen LogP contribution in [-0.4, -0.2) is 50.8 Å². The molecule has 0 saturated carbocycles. The molecule has 0 spiro atoms. The molecule has 1 saturated heterocycles. The number of amides is 1. The monoisotopic (exact) mass is 389 g/mol. The highest BCUT2D eigenvalue weighted by atomic mass is 32.1. The third kappa shape index (κ3) is 5.06. The van der Waals surface area contributed by atoms with Crippen LogP contribution in [0.15, 0.2) is 29.6 Å². The van der Waals surface area contributed by atoms with Crippen LogP contribution < -0.4 is 15.4 Å². The van der Waals surface area contributed by atoms with Gasteiger partial charge in [-0.3, -0.25) is 4.79 Å². The van der Waals surface area contributed by atoms with Crippen LogP contribution in [0, 0.1) is 5.41 Å². The maximum atomic E-state index is 12.6. The van der Waals surface area contributed by atoms with Gasteiger partial charge in [0, 0.05) is 30.0 Å². The molecule has 0 aliphatic carbocycles. The SMILES string of the molecule is CCOc1ccc(-c2nc(C(=O)NCC3(COC)CCNCC3)cs2)cc1. The number of ether oxygens (including phenoxy) is 2. The van der Waals surface area contributed by atoms with Gasteiger partial charge in [-0.25, -0.2) is 4.98 Å². The van der Waals surface area contributed by atoms with Crippen molar-refractivity contribution in [3.8, 4) is 16.3 Å². The predicted molar refractivity (Wildman–Crippen MR) is 107 cm³/mol. The number of benzene rings is 1. The first-order valence-corrected chi connectivity index (χ1v) is 10.2. The quantitative estimate of drug-likeness (QED) is 0.726. The van der Waals surface area contributed by atoms with Crippen LogP contribution >= 0.6 is 11.3 Å². The summed E-state index contributed by atoms with van der Waals surface area (Å²) in [5.41, 5.74) is 1.45. The molecule has 146 valence electrons. The zero-order valence-corrected chi connectivity index (χ0v) is 16.7. The first kappa shape index (κ1) is 19.8. The van der Waals surface area contributed by atoms with Gasteiger partial charge in [-0.15, -0.1) is 11.3 Å². The van der Waals surface area contributed by atoms with E-state index in [0.717, 1.165) is 42.3 Å². The zero-order valence-electron chi connectivity index (χ0n) is 15.9. The van der Waals surface area contributed by atoms with E-state index < -0.39 is 0 Å². The fourth-order valence-electron chi connectivity index (χ4n) is 3.36. The Kier molecular flexibility index (Phi) is 6.82. The summed E-state index contributed by atoms with van der Waals surface area (Å²) in [6.45, 7) is 5.78. The van der Waals surface area contributed by atoms with Crippen LogP contribution in [-0.2, 0) is 4.74 Å². The van der Waals surface area contributed by atoms with Crippen molar-refractivity contribution in [2.45, 2.75) is 19.8 Å². The molecule has 1 aliphatic rings. The largest absolute Gasteiger partial charge is 0.494 e. The molecule has 2 N–H and O–H groups in total. The molecule has 27 heavy (non-hydrogen) atoms. The summed E-state index contributed by atoms with van der Waals surface area (Å²) < 4.78 is 10.9. The van der Waals surface area contributed by atoms with Gasteiger partial charge in [0.15, 0.2) is 0 Å². The normalized spacial score (nSPS) is 16.1. The molecule has 0 atom stereocenters. The Morgan fingerprint density at radius 3 is 2.70 bits per heavy atom. The second-order valence-corrected chi connectivity index (χ2v) is 7.72. The van der Waals surface area contributed by atoms with Crippen LogP contribution in [0.25, 0.3) is 10.6 Å². The molecular weight excluding hydrogens is 362 g/mol.